The van der Waals surface area contributed by atoms with Gasteiger partial charge in [0.15, 0.2) is 17.9 Å². The molecule has 0 saturated carbocycles. The molecule has 0 amide bonds. The van der Waals surface area contributed by atoms with Crippen LogP contribution in [0.15, 0.2) is 43.0 Å². The molecule has 2 aromatic carbocycles. The average Bonchev–Trinajstić information content (AvgIpc) is 2.79. The Hall–Kier alpha value is -2.31. The molecule has 0 aromatic heterocycles. The van der Waals surface area contributed by atoms with Crippen LogP contribution in [0.4, 0.5) is 13.2 Å². The number of benzene rings is 2. The van der Waals surface area contributed by atoms with E-state index < -0.39 is 17.5 Å². The van der Waals surface area contributed by atoms with Crippen molar-refractivity contribution in [3.05, 3.63) is 66.0 Å². The number of allylic oxidation sites excluding steroid dienone is 1. The van der Waals surface area contributed by atoms with Gasteiger partial charge in [0.1, 0.15) is 5.82 Å². The highest BCUT2D eigenvalue weighted by Crippen LogP contribution is 2.35. The SMILES string of the molecule is C=CCCCOc1ccc(-c2ccc(C3CCC(OCCC)OC3)cc2F)c(F)c1F. The Morgan fingerprint density at radius 2 is 1.87 bits per heavy atom. The van der Waals surface area contributed by atoms with Crippen LogP contribution in [0.2, 0.25) is 0 Å². The van der Waals surface area contributed by atoms with Gasteiger partial charge in [0.25, 0.3) is 0 Å². The lowest BCUT2D eigenvalue weighted by Gasteiger charge is -2.29. The van der Waals surface area contributed by atoms with E-state index in [9.17, 15) is 13.2 Å². The first-order valence-electron chi connectivity index (χ1n) is 10.8. The Morgan fingerprint density at radius 3 is 2.55 bits per heavy atom. The van der Waals surface area contributed by atoms with Crippen molar-refractivity contribution in [2.45, 2.75) is 51.2 Å². The van der Waals surface area contributed by atoms with E-state index in [0.717, 1.165) is 31.2 Å². The van der Waals surface area contributed by atoms with E-state index in [-0.39, 0.29) is 35.7 Å². The molecule has 168 valence electrons. The zero-order chi connectivity index (χ0) is 22.2. The van der Waals surface area contributed by atoms with Gasteiger partial charge in [0.2, 0.25) is 5.82 Å². The van der Waals surface area contributed by atoms with Crippen molar-refractivity contribution in [3.63, 3.8) is 0 Å². The zero-order valence-corrected chi connectivity index (χ0v) is 17.8. The summed E-state index contributed by atoms with van der Waals surface area (Å²) in [6.45, 7) is 6.98. The Morgan fingerprint density at radius 1 is 1.06 bits per heavy atom. The maximum absolute atomic E-state index is 14.8. The van der Waals surface area contributed by atoms with E-state index in [0.29, 0.717) is 19.6 Å². The van der Waals surface area contributed by atoms with Crippen LogP contribution in [-0.2, 0) is 9.47 Å². The normalized spacial score (nSPS) is 18.7. The first-order valence-corrected chi connectivity index (χ1v) is 10.8. The minimum atomic E-state index is -1.12. The van der Waals surface area contributed by atoms with Crippen LogP contribution in [0.3, 0.4) is 0 Å². The van der Waals surface area contributed by atoms with Gasteiger partial charge in [-0.05, 0) is 55.9 Å². The molecule has 0 bridgehead atoms. The molecule has 2 unspecified atom stereocenters. The average molecular weight is 434 g/mol. The third kappa shape index (κ3) is 5.89. The molecule has 2 atom stereocenters. The maximum Gasteiger partial charge on any atom is 0.201 e. The molecule has 1 saturated heterocycles. The highest BCUT2D eigenvalue weighted by atomic mass is 19.2. The van der Waals surface area contributed by atoms with Crippen LogP contribution in [0.5, 0.6) is 5.75 Å². The highest BCUT2D eigenvalue weighted by Gasteiger charge is 2.25. The third-order valence-corrected chi connectivity index (χ3v) is 5.35. The van der Waals surface area contributed by atoms with E-state index >= 15 is 0 Å². The topological polar surface area (TPSA) is 27.7 Å². The van der Waals surface area contributed by atoms with Crippen molar-refractivity contribution >= 4 is 0 Å². The van der Waals surface area contributed by atoms with Crippen LogP contribution >= 0.6 is 0 Å². The molecule has 1 aliphatic heterocycles. The molecule has 0 spiro atoms. The van der Waals surface area contributed by atoms with Gasteiger partial charge in [0, 0.05) is 23.7 Å². The number of unbranched alkanes of at least 4 members (excludes halogenated alkanes) is 1. The maximum atomic E-state index is 14.8. The van der Waals surface area contributed by atoms with Gasteiger partial charge in [-0.2, -0.15) is 4.39 Å². The summed E-state index contributed by atoms with van der Waals surface area (Å²) in [5.74, 6) is -2.97. The van der Waals surface area contributed by atoms with Gasteiger partial charge in [0.05, 0.1) is 13.2 Å². The molecule has 3 nitrogen and oxygen atoms in total. The van der Waals surface area contributed by atoms with E-state index in [1.54, 1.807) is 12.1 Å². The first kappa shape index (κ1) is 23.4. The lowest BCUT2D eigenvalue weighted by atomic mass is 9.91. The Kier molecular flexibility index (Phi) is 8.55. The second-order valence-electron chi connectivity index (χ2n) is 7.67. The van der Waals surface area contributed by atoms with Crippen LogP contribution in [0.25, 0.3) is 11.1 Å². The van der Waals surface area contributed by atoms with E-state index in [1.165, 1.54) is 24.3 Å². The molecule has 3 rings (SSSR count). The van der Waals surface area contributed by atoms with Gasteiger partial charge in [-0.1, -0.05) is 25.1 Å². The summed E-state index contributed by atoms with van der Waals surface area (Å²) < 4.78 is 60.5. The van der Waals surface area contributed by atoms with Crippen molar-refractivity contribution in [1.82, 2.24) is 0 Å². The predicted molar refractivity (Wildman–Crippen MR) is 115 cm³/mol. The Balaban J connectivity index is 1.70. The van der Waals surface area contributed by atoms with Crippen LogP contribution < -0.4 is 4.74 Å². The molecule has 0 aliphatic carbocycles. The van der Waals surface area contributed by atoms with Gasteiger partial charge >= 0.3 is 0 Å². The summed E-state index contributed by atoms with van der Waals surface area (Å²) in [6.07, 6.45) is 5.37. The van der Waals surface area contributed by atoms with E-state index in [4.69, 9.17) is 14.2 Å². The fourth-order valence-electron chi connectivity index (χ4n) is 3.64. The monoisotopic (exact) mass is 434 g/mol. The number of hydrogen-bond donors (Lipinski definition) is 0. The second kappa shape index (κ2) is 11.3. The number of ether oxygens (including phenoxy) is 3. The summed E-state index contributed by atoms with van der Waals surface area (Å²) in [6, 6.07) is 7.30. The van der Waals surface area contributed by atoms with Crippen molar-refractivity contribution in [1.29, 1.82) is 0 Å². The molecule has 0 N–H and O–H groups in total. The highest BCUT2D eigenvalue weighted by molar-refractivity contribution is 5.66. The largest absolute Gasteiger partial charge is 0.490 e. The summed E-state index contributed by atoms with van der Waals surface area (Å²) >= 11 is 0. The first-order chi connectivity index (χ1) is 15.0. The molecule has 0 radical (unpaired) electrons. The Labute approximate surface area is 181 Å². The van der Waals surface area contributed by atoms with Crippen LogP contribution in [0.1, 0.15) is 50.5 Å². The lowest BCUT2D eigenvalue weighted by Crippen LogP contribution is -2.27. The number of hydrogen-bond acceptors (Lipinski definition) is 3. The van der Waals surface area contributed by atoms with Crippen molar-refractivity contribution in [2.75, 3.05) is 19.8 Å². The fourth-order valence-corrected chi connectivity index (χ4v) is 3.64. The fraction of sp³-hybridized carbons (Fsp3) is 0.440. The molecular weight excluding hydrogens is 405 g/mol. The van der Waals surface area contributed by atoms with Crippen molar-refractivity contribution in [2.24, 2.45) is 0 Å². The number of rotatable bonds is 10. The Bertz CT molecular complexity index is 877. The van der Waals surface area contributed by atoms with Gasteiger partial charge in [-0.3, -0.25) is 0 Å². The molecule has 1 aliphatic rings. The van der Waals surface area contributed by atoms with Crippen molar-refractivity contribution < 1.29 is 27.4 Å². The van der Waals surface area contributed by atoms with Gasteiger partial charge in [-0.25, -0.2) is 8.78 Å². The summed E-state index contributed by atoms with van der Waals surface area (Å²) in [5.41, 5.74) is 0.658. The molecule has 6 heteroatoms. The zero-order valence-electron chi connectivity index (χ0n) is 17.8. The quantitative estimate of drug-likeness (QED) is 0.305. The van der Waals surface area contributed by atoms with Crippen LogP contribution in [-0.4, -0.2) is 26.1 Å². The smallest absolute Gasteiger partial charge is 0.201 e. The molecule has 1 heterocycles. The molecule has 31 heavy (non-hydrogen) atoms. The van der Waals surface area contributed by atoms with Gasteiger partial charge in [-0.15, -0.1) is 6.58 Å². The second-order valence-corrected chi connectivity index (χ2v) is 7.67. The summed E-state index contributed by atoms with van der Waals surface area (Å²) in [7, 11) is 0. The standard InChI is InChI=1S/C25H29F3O3/c1-3-5-6-14-29-22-11-10-20(24(27)25(22)28)19-9-7-17(15-21(19)26)18-8-12-23(31-16-18)30-13-4-2/h3,7,9-11,15,18,23H,1,4-6,8,12-14,16H2,2H3. The van der Waals surface area contributed by atoms with Crippen LogP contribution in [0, 0.1) is 17.5 Å². The molecule has 1 fully saturated rings. The van der Waals surface area contributed by atoms with E-state index in [2.05, 4.69) is 6.58 Å². The molecule has 2 aromatic rings. The van der Waals surface area contributed by atoms with Gasteiger partial charge < -0.3 is 14.2 Å². The third-order valence-electron chi connectivity index (χ3n) is 5.35. The number of halogens is 3. The van der Waals surface area contributed by atoms with Crippen molar-refractivity contribution in [3.8, 4) is 16.9 Å². The minimum Gasteiger partial charge on any atom is -0.490 e. The molecular formula is C25H29F3O3. The summed E-state index contributed by atoms with van der Waals surface area (Å²) in [5, 5.41) is 0. The van der Waals surface area contributed by atoms with E-state index in [1.807, 2.05) is 6.92 Å². The minimum absolute atomic E-state index is 0.0132. The lowest BCUT2D eigenvalue weighted by molar-refractivity contribution is -0.167. The predicted octanol–water partition coefficient (Wildman–Crippen LogP) is 6.76. The summed E-state index contributed by atoms with van der Waals surface area (Å²) in [4.78, 5) is 0.